The van der Waals surface area contributed by atoms with Gasteiger partial charge in [0.2, 0.25) is 5.91 Å². The molecule has 0 spiro atoms. The second-order valence-corrected chi connectivity index (χ2v) is 6.59. The first-order valence-corrected chi connectivity index (χ1v) is 8.51. The zero-order valence-corrected chi connectivity index (χ0v) is 14.8. The number of methoxy groups -OCH3 is 1. The van der Waals surface area contributed by atoms with Crippen molar-refractivity contribution >= 4 is 23.6 Å². The van der Waals surface area contributed by atoms with Crippen LogP contribution in [0, 0.1) is 0 Å². The largest absolute Gasteiger partial charge is 0.469 e. The van der Waals surface area contributed by atoms with Gasteiger partial charge >= 0.3 is 5.97 Å². The summed E-state index contributed by atoms with van der Waals surface area (Å²) in [7, 11) is 1.27. The third-order valence-electron chi connectivity index (χ3n) is 3.29. The molecule has 132 valence electrons. The number of amides is 1. The molecule has 1 heterocycles. The molecule has 0 aliphatic carbocycles. The SMILES string of the molecule is COC(=O)Cc1cc(=O)[nH]c(S[C@H](C)C(=O)NCc2ccccc2)n1. The molecule has 0 aliphatic rings. The smallest absolute Gasteiger partial charge is 0.311 e. The molecule has 0 fully saturated rings. The maximum Gasteiger partial charge on any atom is 0.311 e. The van der Waals surface area contributed by atoms with Crippen molar-refractivity contribution in [3.8, 4) is 0 Å². The normalized spacial score (nSPS) is 11.6. The molecule has 0 bridgehead atoms. The molecule has 0 saturated carbocycles. The highest BCUT2D eigenvalue weighted by Gasteiger charge is 2.16. The minimum Gasteiger partial charge on any atom is -0.469 e. The van der Waals surface area contributed by atoms with Gasteiger partial charge in [0, 0.05) is 12.6 Å². The van der Waals surface area contributed by atoms with Crippen LogP contribution in [-0.4, -0.2) is 34.2 Å². The van der Waals surface area contributed by atoms with Crippen LogP contribution >= 0.6 is 11.8 Å². The first kappa shape index (κ1) is 18.7. The number of benzene rings is 1. The highest BCUT2D eigenvalue weighted by atomic mass is 32.2. The zero-order valence-electron chi connectivity index (χ0n) is 13.9. The molecule has 1 aromatic carbocycles. The van der Waals surface area contributed by atoms with Crippen molar-refractivity contribution in [2.24, 2.45) is 0 Å². The molecule has 0 aliphatic heterocycles. The lowest BCUT2D eigenvalue weighted by atomic mass is 10.2. The number of aromatic nitrogens is 2. The molecule has 1 aromatic heterocycles. The van der Waals surface area contributed by atoms with Crippen molar-refractivity contribution < 1.29 is 14.3 Å². The van der Waals surface area contributed by atoms with E-state index in [1.807, 2.05) is 30.3 Å². The number of hydrogen-bond donors (Lipinski definition) is 2. The summed E-state index contributed by atoms with van der Waals surface area (Å²) in [5.74, 6) is -0.655. The van der Waals surface area contributed by atoms with E-state index in [0.29, 0.717) is 12.2 Å². The topological polar surface area (TPSA) is 101 Å². The first-order valence-electron chi connectivity index (χ1n) is 7.63. The molecule has 1 atom stereocenters. The van der Waals surface area contributed by atoms with Crippen LogP contribution in [0.25, 0.3) is 0 Å². The maximum atomic E-state index is 12.2. The molecule has 2 rings (SSSR count). The lowest BCUT2D eigenvalue weighted by molar-refractivity contribution is -0.139. The van der Waals surface area contributed by atoms with E-state index in [-0.39, 0.29) is 23.0 Å². The Morgan fingerprint density at radius 2 is 2.04 bits per heavy atom. The molecule has 0 radical (unpaired) electrons. The number of ether oxygens (including phenoxy) is 1. The molecule has 8 heteroatoms. The lowest BCUT2D eigenvalue weighted by Gasteiger charge is -2.12. The Morgan fingerprint density at radius 3 is 2.72 bits per heavy atom. The fraction of sp³-hybridized carbons (Fsp3) is 0.294. The number of carbonyl (C=O) groups is 2. The van der Waals surface area contributed by atoms with Crippen LogP contribution in [0.15, 0.2) is 46.3 Å². The van der Waals surface area contributed by atoms with Gasteiger partial charge in [0.25, 0.3) is 5.56 Å². The Hall–Kier alpha value is -2.61. The number of H-pyrrole nitrogens is 1. The third kappa shape index (κ3) is 6.07. The van der Waals surface area contributed by atoms with Gasteiger partial charge in [0.05, 0.1) is 24.5 Å². The Labute approximate surface area is 149 Å². The Kier molecular flexibility index (Phi) is 6.76. The van der Waals surface area contributed by atoms with Crippen LogP contribution in [0.4, 0.5) is 0 Å². The van der Waals surface area contributed by atoms with Gasteiger partial charge in [0.1, 0.15) is 0 Å². The number of thioether (sulfide) groups is 1. The average molecular weight is 361 g/mol. The molecular formula is C17H19N3O4S. The molecule has 25 heavy (non-hydrogen) atoms. The monoisotopic (exact) mass is 361 g/mol. The number of nitrogens with zero attached hydrogens (tertiary/aromatic N) is 1. The summed E-state index contributed by atoms with van der Waals surface area (Å²) < 4.78 is 4.57. The second-order valence-electron chi connectivity index (χ2n) is 5.26. The minimum absolute atomic E-state index is 0.0947. The fourth-order valence-corrected chi connectivity index (χ4v) is 2.85. The predicted octanol–water partition coefficient (Wildman–Crippen LogP) is 1.28. The maximum absolute atomic E-state index is 12.2. The lowest BCUT2D eigenvalue weighted by Crippen LogP contribution is -2.30. The van der Waals surface area contributed by atoms with E-state index in [0.717, 1.165) is 17.3 Å². The van der Waals surface area contributed by atoms with Crippen molar-refractivity contribution in [2.75, 3.05) is 7.11 Å². The van der Waals surface area contributed by atoms with Crippen molar-refractivity contribution in [3.05, 3.63) is 58.0 Å². The summed E-state index contributed by atoms with van der Waals surface area (Å²) in [6.07, 6.45) is -0.0947. The summed E-state index contributed by atoms with van der Waals surface area (Å²) in [6.45, 7) is 2.15. The van der Waals surface area contributed by atoms with Crippen LogP contribution in [0.1, 0.15) is 18.2 Å². The molecule has 2 N–H and O–H groups in total. The second kappa shape index (κ2) is 9.03. The summed E-state index contributed by atoms with van der Waals surface area (Å²) in [6, 6.07) is 10.8. The molecule has 1 amide bonds. The van der Waals surface area contributed by atoms with E-state index in [9.17, 15) is 14.4 Å². The molecule has 0 unspecified atom stereocenters. The zero-order chi connectivity index (χ0) is 18.2. The third-order valence-corrected chi connectivity index (χ3v) is 4.28. The van der Waals surface area contributed by atoms with Crippen molar-refractivity contribution in [1.82, 2.24) is 15.3 Å². The molecule has 2 aromatic rings. The van der Waals surface area contributed by atoms with Crippen LogP contribution in [0.2, 0.25) is 0 Å². The summed E-state index contributed by atoms with van der Waals surface area (Å²) in [4.78, 5) is 41.9. The number of carbonyl (C=O) groups excluding carboxylic acids is 2. The van der Waals surface area contributed by atoms with Gasteiger partial charge in [-0.2, -0.15) is 0 Å². The van der Waals surface area contributed by atoms with Crippen LogP contribution in [-0.2, 0) is 27.3 Å². The number of hydrogen-bond acceptors (Lipinski definition) is 6. The van der Waals surface area contributed by atoms with Crippen molar-refractivity contribution in [1.29, 1.82) is 0 Å². The Bertz CT molecular complexity index is 792. The molecular weight excluding hydrogens is 342 g/mol. The van der Waals surface area contributed by atoms with Gasteiger partial charge in [0.15, 0.2) is 5.16 Å². The summed E-state index contributed by atoms with van der Waals surface area (Å²) >= 11 is 1.12. The Morgan fingerprint density at radius 1 is 1.32 bits per heavy atom. The van der Waals surface area contributed by atoms with Crippen molar-refractivity contribution in [3.63, 3.8) is 0 Å². The highest BCUT2D eigenvalue weighted by Crippen LogP contribution is 2.18. The van der Waals surface area contributed by atoms with Crippen LogP contribution in [0.5, 0.6) is 0 Å². The van der Waals surface area contributed by atoms with Gasteiger partial charge in [-0.3, -0.25) is 14.4 Å². The van der Waals surface area contributed by atoms with Gasteiger partial charge in [-0.1, -0.05) is 42.1 Å². The highest BCUT2D eigenvalue weighted by molar-refractivity contribution is 8.00. The summed E-state index contributed by atoms with van der Waals surface area (Å²) in [5, 5.41) is 2.66. The van der Waals surface area contributed by atoms with Gasteiger partial charge in [-0.25, -0.2) is 4.98 Å². The number of rotatable bonds is 7. The number of nitrogens with one attached hydrogen (secondary N) is 2. The van der Waals surface area contributed by atoms with Gasteiger partial charge in [-0.05, 0) is 12.5 Å². The van der Waals surface area contributed by atoms with E-state index >= 15 is 0 Å². The molecule has 0 saturated heterocycles. The van der Waals surface area contributed by atoms with E-state index in [1.54, 1.807) is 6.92 Å². The standard InChI is InChI=1S/C17H19N3O4S/c1-11(16(23)18-10-12-6-4-3-5-7-12)25-17-19-13(8-14(21)20-17)9-15(22)24-2/h3-8,11H,9-10H2,1-2H3,(H,18,23)(H,19,20,21)/t11-/m1/s1. The van der Waals surface area contributed by atoms with E-state index in [1.165, 1.54) is 13.2 Å². The van der Waals surface area contributed by atoms with E-state index < -0.39 is 11.2 Å². The Balaban J connectivity index is 1.97. The number of aromatic amines is 1. The van der Waals surface area contributed by atoms with Crippen molar-refractivity contribution in [2.45, 2.75) is 30.3 Å². The first-order chi connectivity index (χ1) is 12.0. The quantitative estimate of drug-likeness (QED) is 0.438. The fourth-order valence-electron chi connectivity index (χ4n) is 2.00. The molecule has 7 nitrogen and oxygen atoms in total. The van der Waals surface area contributed by atoms with Crippen LogP contribution < -0.4 is 10.9 Å². The minimum atomic E-state index is -0.484. The van der Waals surface area contributed by atoms with Gasteiger partial charge < -0.3 is 15.0 Å². The van der Waals surface area contributed by atoms with E-state index in [2.05, 4.69) is 20.0 Å². The number of esters is 1. The van der Waals surface area contributed by atoms with E-state index in [4.69, 9.17) is 0 Å². The van der Waals surface area contributed by atoms with Crippen LogP contribution in [0.3, 0.4) is 0 Å². The summed E-state index contributed by atoms with van der Waals surface area (Å²) in [5.41, 5.74) is 0.919. The van der Waals surface area contributed by atoms with Gasteiger partial charge in [-0.15, -0.1) is 0 Å². The average Bonchev–Trinajstić information content (AvgIpc) is 2.59. The predicted molar refractivity (Wildman–Crippen MR) is 94.2 cm³/mol.